The molecule has 0 saturated heterocycles. The maximum Gasteiger partial charge on any atom is 0.251 e. The third-order valence-electron chi connectivity index (χ3n) is 3.47. The number of amides is 2. The normalized spacial score (nSPS) is 10.9. The van der Waals surface area contributed by atoms with Crippen LogP contribution in [0.3, 0.4) is 0 Å². The molecular formula is C18H20N2O4S. The minimum Gasteiger partial charge on any atom is -0.354 e. The lowest BCUT2D eigenvalue weighted by Gasteiger charge is -2.08. The lowest BCUT2D eigenvalue weighted by Crippen LogP contribution is -2.35. The van der Waals surface area contributed by atoms with Crippen molar-refractivity contribution in [2.45, 2.75) is 11.3 Å². The molecule has 0 aliphatic carbocycles. The van der Waals surface area contributed by atoms with Gasteiger partial charge < -0.3 is 10.6 Å². The Kier molecular flexibility index (Phi) is 6.71. The number of carbonyl (C=O) groups excluding carboxylic acids is 2. The van der Waals surface area contributed by atoms with Gasteiger partial charge >= 0.3 is 0 Å². The summed E-state index contributed by atoms with van der Waals surface area (Å²) in [5, 5.41) is 5.28. The molecule has 0 spiro atoms. The van der Waals surface area contributed by atoms with Crippen LogP contribution >= 0.6 is 0 Å². The van der Waals surface area contributed by atoms with Crippen LogP contribution < -0.4 is 10.6 Å². The van der Waals surface area contributed by atoms with E-state index in [1.54, 1.807) is 42.5 Å². The van der Waals surface area contributed by atoms with E-state index >= 15 is 0 Å². The fourth-order valence-electron chi connectivity index (χ4n) is 2.13. The molecular weight excluding hydrogens is 340 g/mol. The first kappa shape index (κ1) is 18.7. The average molecular weight is 360 g/mol. The van der Waals surface area contributed by atoms with Crippen molar-refractivity contribution in [3.8, 4) is 0 Å². The molecule has 0 unspecified atom stereocenters. The lowest BCUT2D eigenvalue weighted by atomic mass is 10.2. The molecule has 2 amide bonds. The number of carbonyl (C=O) groups is 2. The van der Waals surface area contributed by atoms with Gasteiger partial charge in [0.25, 0.3) is 5.91 Å². The molecule has 0 radical (unpaired) electrons. The van der Waals surface area contributed by atoms with E-state index in [1.807, 2.05) is 6.07 Å². The molecule has 2 aromatic carbocycles. The predicted molar refractivity (Wildman–Crippen MR) is 94.9 cm³/mol. The van der Waals surface area contributed by atoms with Gasteiger partial charge in [0.1, 0.15) is 0 Å². The van der Waals surface area contributed by atoms with Crippen LogP contribution in [0.15, 0.2) is 65.6 Å². The molecule has 0 heterocycles. The largest absolute Gasteiger partial charge is 0.354 e. The number of hydrogen-bond acceptors (Lipinski definition) is 4. The number of sulfone groups is 1. The molecule has 0 aliphatic heterocycles. The monoisotopic (exact) mass is 360 g/mol. The van der Waals surface area contributed by atoms with Gasteiger partial charge in [-0.3, -0.25) is 9.59 Å². The highest BCUT2D eigenvalue weighted by atomic mass is 32.2. The summed E-state index contributed by atoms with van der Waals surface area (Å²) in [5.41, 5.74) is 0.544. The van der Waals surface area contributed by atoms with E-state index in [9.17, 15) is 18.0 Å². The molecule has 25 heavy (non-hydrogen) atoms. The van der Waals surface area contributed by atoms with Crippen LogP contribution in [-0.4, -0.2) is 39.1 Å². The van der Waals surface area contributed by atoms with Crippen molar-refractivity contribution < 1.29 is 18.0 Å². The molecule has 7 heteroatoms. The Bertz CT molecular complexity index is 805. The standard InChI is InChI=1S/C18H20N2O4S/c21-17(11-14-25(23,24)16-9-5-2-6-10-16)19-12-13-20-18(22)15-7-3-1-4-8-15/h1-10H,11-14H2,(H,19,21)(H,20,22). The second-order valence-corrected chi connectivity index (χ2v) is 7.46. The number of nitrogens with one attached hydrogen (secondary N) is 2. The SMILES string of the molecule is O=C(CCS(=O)(=O)c1ccccc1)NCCNC(=O)c1ccccc1. The summed E-state index contributed by atoms with van der Waals surface area (Å²) in [5.74, 6) is -0.839. The molecule has 0 atom stereocenters. The van der Waals surface area contributed by atoms with Crippen LogP contribution in [0.2, 0.25) is 0 Å². The van der Waals surface area contributed by atoms with Gasteiger partial charge in [-0.15, -0.1) is 0 Å². The van der Waals surface area contributed by atoms with Gasteiger partial charge in [-0.2, -0.15) is 0 Å². The Labute approximate surface area is 147 Å². The van der Waals surface area contributed by atoms with Crippen molar-refractivity contribution in [2.24, 2.45) is 0 Å². The molecule has 2 rings (SSSR count). The van der Waals surface area contributed by atoms with Gasteiger partial charge in [0.2, 0.25) is 5.91 Å². The number of rotatable bonds is 8. The predicted octanol–water partition coefficient (Wildman–Crippen LogP) is 1.40. The van der Waals surface area contributed by atoms with Gasteiger partial charge in [0.05, 0.1) is 10.6 Å². The quantitative estimate of drug-likeness (QED) is 0.696. The Hall–Kier alpha value is -2.67. The first-order valence-corrected chi connectivity index (χ1v) is 9.52. The van der Waals surface area contributed by atoms with Crippen LogP contribution in [0.4, 0.5) is 0 Å². The van der Waals surface area contributed by atoms with E-state index < -0.39 is 9.84 Å². The van der Waals surface area contributed by atoms with E-state index in [4.69, 9.17) is 0 Å². The molecule has 0 fully saturated rings. The van der Waals surface area contributed by atoms with Gasteiger partial charge in [-0.05, 0) is 24.3 Å². The van der Waals surface area contributed by atoms with Crippen LogP contribution in [0.25, 0.3) is 0 Å². The van der Waals surface area contributed by atoms with Gasteiger partial charge in [-0.1, -0.05) is 36.4 Å². The van der Waals surface area contributed by atoms with E-state index in [2.05, 4.69) is 10.6 Å². The summed E-state index contributed by atoms with van der Waals surface area (Å²) in [7, 11) is -3.47. The molecule has 0 aliphatic rings. The first-order valence-electron chi connectivity index (χ1n) is 7.87. The summed E-state index contributed by atoms with van der Waals surface area (Å²) >= 11 is 0. The zero-order valence-electron chi connectivity index (χ0n) is 13.6. The molecule has 2 N–H and O–H groups in total. The fraction of sp³-hybridized carbons (Fsp3) is 0.222. The fourth-order valence-corrected chi connectivity index (χ4v) is 3.39. The minimum absolute atomic E-state index is 0.121. The lowest BCUT2D eigenvalue weighted by molar-refractivity contribution is -0.120. The highest BCUT2D eigenvalue weighted by Gasteiger charge is 2.15. The van der Waals surface area contributed by atoms with E-state index in [0.29, 0.717) is 5.56 Å². The van der Waals surface area contributed by atoms with Crippen LogP contribution in [0, 0.1) is 0 Å². The third-order valence-corrected chi connectivity index (χ3v) is 5.20. The minimum atomic E-state index is -3.47. The highest BCUT2D eigenvalue weighted by molar-refractivity contribution is 7.91. The molecule has 132 valence electrons. The topological polar surface area (TPSA) is 92.3 Å². The zero-order valence-corrected chi connectivity index (χ0v) is 14.5. The Morgan fingerprint density at radius 2 is 1.36 bits per heavy atom. The molecule has 0 aromatic heterocycles. The zero-order chi connectivity index (χ0) is 18.1. The smallest absolute Gasteiger partial charge is 0.251 e. The van der Waals surface area contributed by atoms with Crippen molar-refractivity contribution in [1.29, 1.82) is 0 Å². The second kappa shape index (κ2) is 8.98. The summed E-state index contributed by atoms with van der Waals surface area (Å²) in [6.07, 6.45) is -0.121. The van der Waals surface area contributed by atoms with E-state index in [0.717, 1.165) is 0 Å². The molecule has 2 aromatic rings. The second-order valence-electron chi connectivity index (χ2n) is 5.35. The Balaban J connectivity index is 1.68. The van der Waals surface area contributed by atoms with Crippen LogP contribution in [-0.2, 0) is 14.6 Å². The van der Waals surface area contributed by atoms with Gasteiger partial charge in [0.15, 0.2) is 9.84 Å². The van der Waals surface area contributed by atoms with Gasteiger partial charge in [-0.25, -0.2) is 8.42 Å². The molecule has 6 nitrogen and oxygen atoms in total. The maximum absolute atomic E-state index is 12.1. The third kappa shape index (κ3) is 6.04. The summed E-state index contributed by atoms with van der Waals surface area (Å²) in [6.45, 7) is 0.508. The van der Waals surface area contributed by atoms with Crippen molar-refractivity contribution in [3.63, 3.8) is 0 Å². The van der Waals surface area contributed by atoms with Crippen molar-refractivity contribution >= 4 is 21.7 Å². The highest BCUT2D eigenvalue weighted by Crippen LogP contribution is 2.10. The number of hydrogen-bond donors (Lipinski definition) is 2. The van der Waals surface area contributed by atoms with E-state index in [-0.39, 0.29) is 42.0 Å². The summed E-state index contributed by atoms with van der Waals surface area (Å²) in [4.78, 5) is 23.8. The Morgan fingerprint density at radius 3 is 2.00 bits per heavy atom. The van der Waals surface area contributed by atoms with Crippen molar-refractivity contribution in [2.75, 3.05) is 18.8 Å². The van der Waals surface area contributed by atoms with Gasteiger partial charge in [0, 0.05) is 25.1 Å². The maximum atomic E-state index is 12.1. The van der Waals surface area contributed by atoms with Crippen LogP contribution in [0.5, 0.6) is 0 Å². The van der Waals surface area contributed by atoms with E-state index in [1.165, 1.54) is 12.1 Å². The number of benzene rings is 2. The van der Waals surface area contributed by atoms with Crippen LogP contribution in [0.1, 0.15) is 16.8 Å². The Morgan fingerprint density at radius 1 is 0.800 bits per heavy atom. The van der Waals surface area contributed by atoms with Crippen molar-refractivity contribution in [1.82, 2.24) is 10.6 Å². The summed E-state index contributed by atoms with van der Waals surface area (Å²) in [6, 6.07) is 16.8. The molecule has 0 bridgehead atoms. The van der Waals surface area contributed by atoms with Crippen molar-refractivity contribution in [3.05, 3.63) is 66.2 Å². The average Bonchev–Trinajstić information content (AvgIpc) is 2.65. The molecule has 0 saturated carbocycles. The summed E-state index contributed by atoms with van der Waals surface area (Å²) < 4.78 is 24.2. The first-order chi connectivity index (χ1) is 12.0.